The Morgan fingerprint density at radius 1 is 1.05 bits per heavy atom. The van der Waals surface area contributed by atoms with Crippen LogP contribution < -0.4 is 0 Å². The van der Waals surface area contributed by atoms with Crippen molar-refractivity contribution >= 4 is 37.6 Å². The Morgan fingerprint density at radius 2 is 1.64 bits per heavy atom. The third-order valence-corrected chi connectivity index (χ3v) is 5.19. The first-order chi connectivity index (χ1) is 10.5. The topological polar surface area (TPSA) is 20.3 Å². The summed E-state index contributed by atoms with van der Waals surface area (Å²) < 4.78 is 0.978. The van der Waals surface area contributed by atoms with Gasteiger partial charge in [0.2, 0.25) is 0 Å². The lowest BCUT2D eigenvalue weighted by molar-refractivity contribution is 0.0896. The number of nitrogens with zero attached hydrogens (tertiary/aromatic N) is 1. The van der Waals surface area contributed by atoms with Gasteiger partial charge in [0.05, 0.1) is 10.7 Å². The first-order valence-electron chi connectivity index (χ1n) is 7.12. The first-order valence-corrected chi connectivity index (χ1v) is 8.83. The Balaban J connectivity index is 2.29. The molecule has 0 spiro atoms. The zero-order chi connectivity index (χ0) is 16.1. The third-order valence-electron chi connectivity index (χ3n) is 3.50. The second-order valence-corrected chi connectivity index (χ2v) is 7.45. The van der Waals surface area contributed by atoms with Crippen LogP contribution in [-0.4, -0.2) is 31.3 Å². The van der Waals surface area contributed by atoms with Crippen LogP contribution in [0.2, 0.25) is 0 Å². The summed E-state index contributed by atoms with van der Waals surface area (Å²) in [6, 6.07) is 17.7. The van der Waals surface area contributed by atoms with E-state index in [1.54, 1.807) is 0 Å². The first kappa shape index (κ1) is 17.4. The summed E-state index contributed by atoms with van der Waals surface area (Å²) in [5, 5.41) is 0. The molecule has 0 radical (unpaired) electrons. The third kappa shape index (κ3) is 4.51. The van der Waals surface area contributed by atoms with Crippen LogP contribution in [0.15, 0.2) is 59.1 Å². The fraction of sp³-hybridized carbons (Fsp3) is 0.278. The van der Waals surface area contributed by atoms with Crippen LogP contribution in [0.1, 0.15) is 20.7 Å². The van der Waals surface area contributed by atoms with Crippen LogP contribution in [0, 0.1) is 5.92 Å². The lowest BCUT2D eigenvalue weighted by atomic mass is 9.90. The molecule has 0 aromatic heterocycles. The number of Topliss-reactive ketones (excluding diaryl/α,β-unsaturated/α-hetero) is 1. The lowest BCUT2D eigenvalue weighted by Crippen LogP contribution is -2.31. The molecule has 0 aliphatic carbocycles. The van der Waals surface area contributed by atoms with E-state index in [2.05, 4.69) is 48.9 Å². The summed E-state index contributed by atoms with van der Waals surface area (Å²) in [4.78, 5) is 15.0. The highest BCUT2D eigenvalue weighted by atomic mass is 79.9. The van der Waals surface area contributed by atoms with Crippen LogP contribution >= 0.6 is 31.9 Å². The molecule has 2 nitrogen and oxygen atoms in total. The molecule has 0 unspecified atom stereocenters. The molecule has 2 atom stereocenters. The Morgan fingerprint density at radius 3 is 2.18 bits per heavy atom. The highest BCUT2D eigenvalue weighted by Gasteiger charge is 2.29. The largest absolute Gasteiger partial charge is 0.309 e. The summed E-state index contributed by atoms with van der Waals surface area (Å²) >= 11 is 7.15. The number of carbonyl (C=O) groups excluding carboxylic acids is 1. The fourth-order valence-corrected chi connectivity index (χ4v) is 3.38. The van der Waals surface area contributed by atoms with E-state index in [0.29, 0.717) is 6.54 Å². The smallest absolute Gasteiger partial charge is 0.168 e. The molecule has 0 amide bonds. The molecule has 2 aromatic rings. The van der Waals surface area contributed by atoms with Gasteiger partial charge in [0, 0.05) is 16.6 Å². The van der Waals surface area contributed by atoms with Crippen molar-refractivity contribution < 1.29 is 4.79 Å². The van der Waals surface area contributed by atoms with E-state index < -0.39 is 0 Å². The minimum absolute atomic E-state index is 0.00718. The van der Waals surface area contributed by atoms with E-state index in [1.807, 2.05) is 56.6 Å². The van der Waals surface area contributed by atoms with Gasteiger partial charge >= 0.3 is 0 Å². The van der Waals surface area contributed by atoms with Gasteiger partial charge < -0.3 is 4.90 Å². The van der Waals surface area contributed by atoms with Gasteiger partial charge in [-0.05, 0) is 31.8 Å². The summed E-state index contributed by atoms with van der Waals surface area (Å²) in [6.45, 7) is 0.694. The minimum atomic E-state index is -0.140. The molecular weight excluding hydrogens is 406 g/mol. The van der Waals surface area contributed by atoms with Crippen LogP contribution in [0.25, 0.3) is 0 Å². The van der Waals surface area contributed by atoms with Crippen LogP contribution in [0.5, 0.6) is 0 Å². The summed E-state index contributed by atoms with van der Waals surface area (Å²) in [5.74, 6) is 0.0190. The molecule has 116 valence electrons. The molecule has 0 aliphatic heterocycles. The van der Waals surface area contributed by atoms with Crippen molar-refractivity contribution in [1.82, 2.24) is 4.90 Å². The molecule has 0 saturated carbocycles. The molecule has 4 heteroatoms. The molecule has 0 bridgehead atoms. The molecule has 0 aliphatic rings. The van der Waals surface area contributed by atoms with Gasteiger partial charge in [-0.15, -0.1) is 0 Å². The maximum absolute atomic E-state index is 12.9. The van der Waals surface area contributed by atoms with Gasteiger partial charge in [-0.1, -0.05) is 74.3 Å². The second-order valence-electron chi connectivity index (χ2n) is 5.55. The summed E-state index contributed by atoms with van der Waals surface area (Å²) in [7, 11) is 3.99. The quantitative estimate of drug-likeness (QED) is 0.483. The average Bonchev–Trinajstić information content (AvgIpc) is 2.53. The van der Waals surface area contributed by atoms with Crippen molar-refractivity contribution in [3.63, 3.8) is 0 Å². The monoisotopic (exact) mass is 423 g/mol. The lowest BCUT2D eigenvalue weighted by Gasteiger charge is -2.25. The number of hydrogen-bond acceptors (Lipinski definition) is 2. The van der Waals surface area contributed by atoms with E-state index in [4.69, 9.17) is 0 Å². The normalized spacial score (nSPS) is 13.9. The highest BCUT2D eigenvalue weighted by molar-refractivity contribution is 9.10. The Hall–Kier alpha value is -0.970. The standard InChI is InChI=1S/C18H19Br2NO/c1-21(2)12-16(17(20)13-6-4-3-5-7-13)18(22)14-8-10-15(19)11-9-14/h3-11,16-17H,12H2,1-2H3/t16-,17+/m1/s1. The maximum atomic E-state index is 12.9. The van der Waals surface area contributed by atoms with Gasteiger partial charge in [0.1, 0.15) is 0 Å². The zero-order valence-electron chi connectivity index (χ0n) is 12.7. The fourth-order valence-electron chi connectivity index (χ4n) is 2.40. The van der Waals surface area contributed by atoms with Gasteiger partial charge in [-0.2, -0.15) is 0 Å². The van der Waals surface area contributed by atoms with Crippen LogP contribution in [0.3, 0.4) is 0 Å². The van der Waals surface area contributed by atoms with Crippen molar-refractivity contribution in [1.29, 1.82) is 0 Å². The van der Waals surface area contributed by atoms with Crippen molar-refractivity contribution in [2.24, 2.45) is 5.92 Å². The van der Waals surface area contributed by atoms with Crippen molar-refractivity contribution in [2.45, 2.75) is 4.83 Å². The van der Waals surface area contributed by atoms with Gasteiger partial charge in [-0.25, -0.2) is 0 Å². The van der Waals surface area contributed by atoms with Crippen molar-refractivity contribution in [3.8, 4) is 0 Å². The number of hydrogen-bond donors (Lipinski definition) is 0. The van der Waals surface area contributed by atoms with Gasteiger partial charge in [-0.3, -0.25) is 4.79 Å². The summed E-state index contributed by atoms with van der Waals surface area (Å²) in [5.41, 5.74) is 1.87. The van der Waals surface area contributed by atoms with E-state index in [1.165, 1.54) is 0 Å². The van der Waals surface area contributed by atoms with Crippen LogP contribution in [0.4, 0.5) is 0 Å². The maximum Gasteiger partial charge on any atom is 0.168 e. The molecule has 0 saturated heterocycles. The molecule has 0 fully saturated rings. The molecule has 22 heavy (non-hydrogen) atoms. The SMILES string of the molecule is CN(C)C[C@@H](C(=O)c1ccc(Br)cc1)[C@@H](Br)c1ccccc1. The number of ketones is 1. The zero-order valence-corrected chi connectivity index (χ0v) is 15.8. The van der Waals surface area contributed by atoms with Crippen molar-refractivity contribution in [2.75, 3.05) is 20.6 Å². The Kier molecular flexibility index (Phi) is 6.36. The van der Waals surface area contributed by atoms with E-state index in [0.717, 1.165) is 15.6 Å². The summed E-state index contributed by atoms with van der Waals surface area (Å²) in [6.07, 6.45) is 0. The van der Waals surface area contributed by atoms with Gasteiger partial charge in [0.15, 0.2) is 5.78 Å². The van der Waals surface area contributed by atoms with Crippen molar-refractivity contribution in [3.05, 3.63) is 70.2 Å². The number of alkyl halides is 1. The predicted octanol–water partition coefficient (Wildman–Crippen LogP) is 4.95. The van der Waals surface area contributed by atoms with E-state index >= 15 is 0 Å². The average molecular weight is 425 g/mol. The molecule has 0 N–H and O–H groups in total. The number of carbonyl (C=O) groups is 1. The van der Waals surface area contributed by atoms with E-state index in [9.17, 15) is 4.79 Å². The number of benzene rings is 2. The highest BCUT2D eigenvalue weighted by Crippen LogP contribution is 2.33. The molecule has 2 aromatic carbocycles. The minimum Gasteiger partial charge on any atom is -0.309 e. The number of rotatable bonds is 6. The second kappa shape index (κ2) is 8.04. The van der Waals surface area contributed by atoms with E-state index in [-0.39, 0.29) is 16.5 Å². The molecular formula is C18H19Br2NO. The van der Waals surface area contributed by atoms with Gasteiger partial charge in [0.25, 0.3) is 0 Å². The molecule has 0 heterocycles. The predicted molar refractivity (Wildman–Crippen MR) is 98.6 cm³/mol. The molecule has 2 rings (SSSR count). The van der Waals surface area contributed by atoms with Crippen LogP contribution in [-0.2, 0) is 0 Å². The number of halogens is 2. The Labute approximate surface area is 148 Å². The Bertz CT molecular complexity index is 611.